The highest BCUT2D eigenvalue weighted by atomic mass is 19.1. The molecule has 1 fully saturated rings. The molecule has 0 unspecified atom stereocenters. The maximum atomic E-state index is 13.2. The number of aromatic nitrogens is 2. The second-order valence-corrected chi connectivity index (χ2v) is 6.63. The Labute approximate surface area is 145 Å². The van der Waals surface area contributed by atoms with Gasteiger partial charge in [0.05, 0.1) is 29.1 Å². The van der Waals surface area contributed by atoms with Crippen LogP contribution >= 0.6 is 0 Å². The molecule has 0 bridgehead atoms. The van der Waals surface area contributed by atoms with Crippen molar-refractivity contribution < 1.29 is 14.0 Å². The Bertz CT molecular complexity index is 798. The number of nitrogens with zero attached hydrogens (tertiary/aromatic N) is 3. The second kappa shape index (κ2) is 6.66. The van der Waals surface area contributed by atoms with Crippen LogP contribution in [0.1, 0.15) is 42.2 Å². The molecule has 1 aromatic heterocycles. The van der Waals surface area contributed by atoms with Crippen molar-refractivity contribution in [3.8, 4) is 5.69 Å². The van der Waals surface area contributed by atoms with Gasteiger partial charge in [-0.1, -0.05) is 13.8 Å². The summed E-state index contributed by atoms with van der Waals surface area (Å²) in [4.78, 5) is 25.9. The Morgan fingerprint density at radius 3 is 2.52 bits per heavy atom. The molecule has 1 atom stereocenters. The lowest BCUT2D eigenvalue weighted by Gasteiger charge is -2.18. The SMILES string of the molecule is CC(C)c1c(C(=O)N2CC[C@@H](C(N)=O)C2)cnn1-c1ccc(F)cc1. The van der Waals surface area contributed by atoms with E-state index in [1.807, 2.05) is 13.8 Å². The van der Waals surface area contributed by atoms with Crippen LogP contribution in [0.3, 0.4) is 0 Å². The molecule has 2 aromatic rings. The Kier molecular flexibility index (Phi) is 4.57. The van der Waals surface area contributed by atoms with Crippen molar-refractivity contribution in [2.75, 3.05) is 13.1 Å². The summed E-state index contributed by atoms with van der Waals surface area (Å²) in [6.07, 6.45) is 2.13. The normalized spacial score (nSPS) is 17.3. The summed E-state index contributed by atoms with van der Waals surface area (Å²) >= 11 is 0. The first kappa shape index (κ1) is 17.1. The van der Waals surface area contributed by atoms with Crippen molar-refractivity contribution in [3.05, 3.63) is 47.5 Å². The molecule has 1 aromatic carbocycles. The minimum atomic E-state index is -0.374. The second-order valence-electron chi connectivity index (χ2n) is 6.63. The fourth-order valence-corrected chi connectivity index (χ4v) is 3.21. The lowest BCUT2D eigenvalue weighted by Crippen LogP contribution is -2.32. The first-order chi connectivity index (χ1) is 11.9. The summed E-state index contributed by atoms with van der Waals surface area (Å²) in [6.45, 7) is 4.80. The number of rotatable bonds is 4. The number of halogens is 1. The molecular formula is C18H21FN4O2. The molecule has 132 valence electrons. The van der Waals surface area contributed by atoms with E-state index < -0.39 is 0 Å². The predicted octanol–water partition coefficient (Wildman–Crippen LogP) is 2.08. The van der Waals surface area contributed by atoms with Crippen molar-refractivity contribution >= 4 is 11.8 Å². The van der Waals surface area contributed by atoms with E-state index in [2.05, 4.69) is 5.10 Å². The molecule has 6 nitrogen and oxygen atoms in total. The summed E-state index contributed by atoms with van der Waals surface area (Å²) in [7, 11) is 0. The Balaban J connectivity index is 1.93. The molecule has 2 N–H and O–H groups in total. The number of nitrogens with two attached hydrogens (primary N) is 1. The Hall–Kier alpha value is -2.70. The zero-order valence-corrected chi connectivity index (χ0v) is 14.3. The van der Waals surface area contributed by atoms with E-state index in [1.165, 1.54) is 12.1 Å². The highest BCUT2D eigenvalue weighted by molar-refractivity contribution is 5.96. The first-order valence-corrected chi connectivity index (χ1v) is 8.31. The average Bonchev–Trinajstić information content (AvgIpc) is 3.22. The maximum absolute atomic E-state index is 13.2. The number of carbonyl (C=O) groups is 2. The number of carbonyl (C=O) groups excluding carboxylic acids is 2. The van der Waals surface area contributed by atoms with Crippen LogP contribution in [0.25, 0.3) is 5.69 Å². The number of amides is 2. The first-order valence-electron chi connectivity index (χ1n) is 8.31. The monoisotopic (exact) mass is 344 g/mol. The van der Waals surface area contributed by atoms with Crippen LogP contribution in [0.5, 0.6) is 0 Å². The van der Waals surface area contributed by atoms with Crippen LogP contribution in [-0.2, 0) is 4.79 Å². The molecule has 1 aliphatic heterocycles. The average molecular weight is 344 g/mol. The van der Waals surface area contributed by atoms with Gasteiger partial charge in [0, 0.05) is 13.1 Å². The smallest absolute Gasteiger partial charge is 0.257 e. The number of benzene rings is 1. The fraction of sp³-hybridized carbons (Fsp3) is 0.389. The molecule has 0 saturated carbocycles. The number of hydrogen-bond acceptors (Lipinski definition) is 3. The van der Waals surface area contributed by atoms with E-state index in [4.69, 9.17) is 5.73 Å². The van der Waals surface area contributed by atoms with Gasteiger partial charge in [0.2, 0.25) is 5.91 Å². The lowest BCUT2D eigenvalue weighted by molar-refractivity contribution is -0.121. The number of likely N-dealkylation sites (tertiary alicyclic amines) is 1. The van der Waals surface area contributed by atoms with Crippen LogP contribution in [0.15, 0.2) is 30.5 Å². The third-order valence-electron chi connectivity index (χ3n) is 4.53. The highest BCUT2D eigenvalue weighted by Gasteiger charge is 2.32. The van der Waals surface area contributed by atoms with E-state index in [1.54, 1.807) is 27.9 Å². The Morgan fingerprint density at radius 2 is 1.96 bits per heavy atom. The van der Waals surface area contributed by atoms with Gasteiger partial charge in [-0.3, -0.25) is 9.59 Å². The number of primary amides is 1. The molecule has 1 saturated heterocycles. The van der Waals surface area contributed by atoms with Crippen LogP contribution in [0.4, 0.5) is 4.39 Å². The van der Waals surface area contributed by atoms with Crippen LogP contribution < -0.4 is 5.73 Å². The topological polar surface area (TPSA) is 81.2 Å². The molecule has 7 heteroatoms. The Morgan fingerprint density at radius 1 is 1.28 bits per heavy atom. The third kappa shape index (κ3) is 3.26. The van der Waals surface area contributed by atoms with E-state index >= 15 is 0 Å². The molecule has 2 heterocycles. The van der Waals surface area contributed by atoms with Gasteiger partial charge in [0.15, 0.2) is 0 Å². The zero-order chi connectivity index (χ0) is 18.1. The van der Waals surface area contributed by atoms with Gasteiger partial charge in [0.25, 0.3) is 5.91 Å². The molecule has 25 heavy (non-hydrogen) atoms. The van der Waals surface area contributed by atoms with E-state index in [-0.39, 0.29) is 29.5 Å². The standard InChI is InChI=1S/C18H21FN4O2/c1-11(2)16-15(18(25)22-8-7-12(10-22)17(20)24)9-21-23(16)14-5-3-13(19)4-6-14/h3-6,9,11-12H,7-8,10H2,1-2H3,(H2,20,24)/t12-/m1/s1. The van der Waals surface area contributed by atoms with Crippen LogP contribution in [0, 0.1) is 11.7 Å². The maximum Gasteiger partial charge on any atom is 0.257 e. The molecule has 0 aliphatic carbocycles. The van der Waals surface area contributed by atoms with Gasteiger partial charge in [-0.25, -0.2) is 9.07 Å². The van der Waals surface area contributed by atoms with Crippen molar-refractivity contribution in [2.45, 2.75) is 26.2 Å². The lowest BCUT2D eigenvalue weighted by atomic mass is 10.0. The third-order valence-corrected chi connectivity index (χ3v) is 4.53. The minimum absolute atomic E-state index is 0.0426. The van der Waals surface area contributed by atoms with Gasteiger partial charge < -0.3 is 10.6 Å². The predicted molar refractivity (Wildman–Crippen MR) is 90.8 cm³/mol. The van der Waals surface area contributed by atoms with E-state index in [0.717, 1.165) is 5.69 Å². The van der Waals surface area contributed by atoms with Gasteiger partial charge in [0.1, 0.15) is 5.82 Å². The van der Waals surface area contributed by atoms with E-state index in [0.29, 0.717) is 30.8 Å². The summed E-state index contributed by atoms with van der Waals surface area (Å²) in [5.41, 5.74) is 7.31. The molecular weight excluding hydrogens is 323 g/mol. The molecule has 2 amide bonds. The van der Waals surface area contributed by atoms with Crippen molar-refractivity contribution in [1.82, 2.24) is 14.7 Å². The molecule has 0 radical (unpaired) electrons. The van der Waals surface area contributed by atoms with Crippen LogP contribution in [0.2, 0.25) is 0 Å². The quantitative estimate of drug-likeness (QED) is 0.922. The summed E-state index contributed by atoms with van der Waals surface area (Å²) in [6, 6.07) is 5.98. The van der Waals surface area contributed by atoms with Gasteiger partial charge in [-0.05, 0) is 36.6 Å². The van der Waals surface area contributed by atoms with Gasteiger partial charge >= 0.3 is 0 Å². The van der Waals surface area contributed by atoms with Crippen molar-refractivity contribution in [1.29, 1.82) is 0 Å². The largest absolute Gasteiger partial charge is 0.369 e. The van der Waals surface area contributed by atoms with Crippen molar-refractivity contribution in [2.24, 2.45) is 11.7 Å². The van der Waals surface area contributed by atoms with Crippen LogP contribution in [-0.4, -0.2) is 39.6 Å². The van der Waals surface area contributed by atoms with Gasteiger partial charge in [-0.15, -0.1) is 0 Å². The number of hydrogen-bond donors (Lipinski definition) is 1. The molecule has 1 aliphatic rings. The molecule has 3 rings (SSSR count). The van der Waals surface area contributed by atoms with Crippen molar-refractivity contribution in [3.63, 3.8) is 0 Å². The van der Waals surface area contributed by atoms with E-state index in [9.17, 15) is 14.0 Å². The highest BCUT2D eigenvalue weighted by Crippen LogP contribution is 2.26. The summed E-state index contributed by atoms with van der Waals surface area (Å²) in [5.74, 6) is -1.10. The minimum Gasteiger partial charge on any atom is -0.369 e. The summed E-state index contributed by atoms with van der Waals surface area (Å²) < 4.78 is 14.8. The summed E-state index contributed by atoms with van der Waals surface area (Å²) in [5, 5.41) is 4.34. The molecule has 0 spiro atoms. The zero-order valence-electron chi connectivity index (χ0n) is 14.3. The fourth-order valence-electron chi connectivity index (χ4n) is 3.21. The van der Waals surface area contributed by atoms with Gasteiger partial charge in [-0.2, -0.15) is 5.10 Å².